The highest BCUT2D eigenvalue weighted by Crippen LogP contribution is 2.21. The zero-order valence-corrected chi connectivity index (χ0v) is 16.3. The summed E-state index contributed by atoms with van der Waals surface area (Å²) in [6, 6.07) is 22.5. The Labute approximate surface area is 174 Å². The normalized spacial score (nSPS) is 10.4. The second kappa shape index (κ2) is 9.84. The summed E-state index contributed by atoms with van der Waals surface area (Å²) in [4.78, 5) is 36.4. The third kappa shape index (κ3) is 5.65. The van der Waals surface area contributed by atoms with E-state index in [9.17, 15) is 14.4 Å². The molecule has 2 N–H and O–H groups in total. The van der Waals surface area contributed by atoms with Crippen LogP contribution in [0.15, 0.2) is 84.9 Å². The number of benzene rings is 3. The predicted molar refractivity (Wildman–Crippen MR) is 114 cm³/mol. The van der Waals surface area contributed by atoms with E-state index in [0.29, 0.717) is 22.4 Å². The van der Waals surface area contributed by atoms with Crippen molar-refractivity contribution in [1.82, 2.24) is 10.9 Å². The molecular weight excluding hydrogens is 380 g/mol. The molecule has 6 nitrogen and oxygen atoms in total. The van der Waals surface area contributed by atoms with Crippen molar-refractivity contribution < 1.29 is 19.1 Å². The van der Waals surface area contributed by atoms with Crippen LogP contribution >= 0.6 is 0 Å². The van der Waals surface area contributed by atoms with Gasteiger partial charge in [0.25, 0.3) is 11.8 Å². The van der Waals surface area contributed by atoms with E-state index >= 15 is 0 Å². The minimum atomic E-state index is -0.529. The van der Waals surface area contributed by atoms with E-state index < -0.39 is 17.8 Å². The Bertz CT molecular complexity index is 1090. The van der Waals surface area contributed by atoms with E-state index in [1.807, 2.05) is 13.0 Å². The van der Waals surface area contributed by atoms with Crippen molar-refractivity contribution in [1.29, 1.82) is 0 Å². The van der Waals surface area contributed by atoms with E-state index in [1.54, 1.807) is 72.8 Å². The van der Waals surface area contributed by atoms with Gasteiger partial charge in [0.2, 0.25) is 0 Å². The molecular formula is C24H20N2O4. The van der Waals surface area contributed by atoms with Gasteiger partial charge in [-0.05, 0) is 43.3 Å². The quantitative estimate of drug-likeness (QED) is 0.296. The zero-order chi connectivity index (χ0) is 21.3. The maximum atomic E-state index is 12.4. The number of hydrazine groups is 1. The van der Waals surface area contributed by atoms with E-state index in [-0.39, 0.29) is 0 Å². The molecule has 3 aromatic carbocycles. The Kier molecular flexibility index (Phi) is 6.74. The molecule has 0 saturated heterocycles. The molecule has 0 aliphatic carbocycles. The number of aryl methyl sites for hydroxylation is 1. The van der Waals surface area contributed by atoms with Crippen molar-refractivity contribution >= 4 is 23.9 Å². The summed E-state index contributed by atoms with van der Waals surface area (Å²) in [6.45, 7) is 1.89. The van der Waals surface area contributed by atoms with Crippen LogP contribution in [0.5, 0.6) is 5.75 Å². The molecule has 3 aromatic rings. The molecule has 0 heterocycles. The molecule has 0 unspecified atom stereocenters. The Morgan fingerprint density at radius 3 is 2.27 bits per heavy atom. The van der Waals surface area contributed by atoms with Gasteiger partial charge >= 0.3 is 5.97 Å². The first kappa shape index (κ1) is 20.5. The highest BCUT2D eigenvalue weighted by Gasteiger charge is 2.11. The number of hydrogen-bond acceptors (Lipinski definition) is 4. The molecule has 0 aromatic heterocycles. The molecule has 3 rings (SSSR count). The van der Waals surface area contributed by atoms with E-state index in [0.717, 1.165) is 5.56 Å². The summed E-state index contributed by atoms with van der Waals surface area (Å²) < 4.78 is 5.48. The molecule has 0 bridgehead atoms. The van der Waals surface area contributed by atoms with Crippen molar-refractivity contribution in [3.63, 3.8) is 0 Å². The third-order valence-electron chi connectivity index (χ3n) is 4.12. The molecule has 0 aliphatic heterocycles. The zero-order valence-electron chi connectivity index (χ0n) is 16.3. The first-order chi connectivity index (χ1) is 14.5. The number of hydrogen-bond donors (Lipinski definition) is 2. The lowest BCUT2D eigenvalue weighted by atomic mass is 10.1. The van der Waals surface area contributed by atoms with Gasteiger partial charge in [0.05, 0.1) is 5.56 Å². The van der Waals surface area contributed by atoms with E-state index in [2.05, 4.69) is 10.9 Å². The number of amides is 2. The van der Waals surface area contributed by atoms with Crippen LogP contribution in [0.4, 0.5) is 0 Å². The van der Waals surface area contributed by atoms with Crippen molar-refractivity contribution in [2.24, 2.45) is 0 Å². The summed E-state index contributed by atoms with van der Waals surface area (Å²) in [5.41, 5.74) is 7.01. The maximum absolute atomic E-state index is 12.4. The average molecular weight is 400 g/mol. The summed E-state index contributed by atoms with van der Waals surface area (Å²) >= 11 is 0. The van der Waals surface area contributed by atoms with E-state index in [1.165, 1.54) is 12.2 Å². The topological polar surface area (TPSA) is 84.5 Å². The van der Waals surface area contributed by atoms with Gasteiger partial charge in [0.1, 0.15) is 5.75 Å². The smallest absolute Gasteiger partial charge is 0.343 e. The van der Waals surface area contributed by atoms with Gasteiger partial charge in [0, 0.05) is 17.2 Å². The number of carbonyl (C=O) groups excluding carboxylic acids is 3. The van der Waals surface area contributed by atoms with Gasteiger partial charge < -0.3 is 4.74 Å². The van der Waals surface area contributed by atoms with Gasteiger partial charge in [-0.3, -0.25) is 20.4 Å². The van der Waals surface area contributed by atoms with Gasteiger partial charge in [-0.1, -0.05) is 54.1 Å². The molecule has 0 radical (unpaired) electrons. The fourth-order valence-electron chi connectivity index (χ4n) is 2.63. The first-order valence-corrected chi connectivity index (χ1v) is 9.24. The lowest BCUT2D eigenvalue weighted by Crippen LogP contribution is -2.40. The van der Waals surface area contributed by atoms with Gasteiger partial charge in [-0.2, -0.15) is 0 Å². The Morgan fingerprint density at radius 1 is 0.800 bits per heavy atom. The third-order valence-corrected chi connectivity index (χ3v) is 4.12. The average Bonchev–Trinajstić information content (AvgIpc) is 2.77. The van der Waals surface area contributed by atoms with Gasteiger partial charge in [0.15, 0.2) is 0 Å². The number of carbonyl (C=O) groups is 3. The molecule has 30 heavy (non-hydrogen) atoms. The highest BCUT2D eigenvalue weighted by atomic mass is 16.5. The molecule has 150 valence electrons. The van der Waals surface area contributed by atoms with Crippen molar-refractivity contribution in [3.05, 3.63) is 107 Å². The largest absolute Gasteiger partial charge is 0.422 e. The number of esters is 1. The maximum Gasteiger partial charge on any atom is 0.343 e. The summed E-state index contributed by atoms with van der Waals surface area (Å²) in [5, 5.41) is 0. The molecule has 2 amide bonds. The second-order valence-electron chi connectivity index (χ2n) is 6.44. The predicted octanol–water partition coefficient (Wildman–Crippen LogP) is 3.69. The Balaban J connectivity index is 1.62. The number of ether oxygens (including phenoxy) is 1. The number of nitrogens with one attached hydrogen (secondary N) is 2. The van der Waals surface area contributed by atoms with Crippen molar-refractivity contribution in [3.8, 4) is 5.75 Å². The monoisotopic (exact) mass is 400 g/mol. The van der Waals surface area contributed by atoms with Crippen LogP contribution < -0.4 is 15.6 Å². The van der Waals surface area contributed by atoms with Crippen molar-refractivity contribution in [2.75, 3.05) is 0 Å². The molecule has 6 heteroatoms. The lowest BCUT2D eigenvalue weighted by molar-refractivity contribution is -0.117. The second-order valence-corrected chi connectivity index (χ2v) is 6.44. The summed E-state index contributed by atoms with van der Waals surface area (Å²) in [5.74, 6) is -1.12. The molecule has 0 spiro atoms. The van der Waals surface area contributed by atoms with Crippen molar-refractivity contribution in [2.45, 2.75) is 6.92 Å². The van der Waals surface area contributed by atoms with Crippen LogP contribution in [-0.2, 0) is 4.79 Å². The fourth-order valence-corrected chi connectivity index (χ4v) is 2.63. The number of rotatable bonds is 5. The molecule has 0 atom stereocenters. The fraction of sp³-hybridized carbons (Fsp3) is 0.0417. The Hall–Kier alpha value is -4.19. The minimum Gasteiger partial charge on any atom is -0.422 e. The van der Waals surface area contributed by atoms with Crippen LogP contribution in [0.25, 0.3) is 6.08 Å². The van der Waals surface area contributed by atoms with Crippen LogP contribution in [0, 0.1) is 6.92 Å². The SMILES string of the molecule is Cc1cccc(C(=O)Oc2ccccc2/C=C/C(=O)NNC(=O)c2ccccc2)c1. The van der Waals surface area contributed by atoms with Crippen LogP contribution in [-0.4, -0.2) is 17.8 Å². The highest BCUT2D eigenvalue weighted by molar-refractivity contribution is 5.98. The lowest BCUT2D eigenvalue weighted by Gasteiger charge is -2.08. The van der Waals surface area contributed by atoms with Gasteiger partial charge in [-0.15, -0.1) is 0 Å². The van der Waals surface area contributed by atoms with Crippen LogP contribution in [0.1, 0.15) is 31.8 Å². The Morgan fingerprint density at radius 2 is 1.50 bits per heavy atom. The molecule has 0 fully saturated rings. The van der Waals surface area contributed by atoms with Crippen LogP contribution in [0.3, 0.4) is 0 Å². The minimum absolute atomic E-state index is 0.321. The summed E-state index contributed by atoms with van der Waals surface area (Å²) in [7, 11) is 0. The first-order valence-electron chi connectivity index (χ1n) is 9.24. The van der Waals surface area contributed by atoms with Crippen LogP contribution in [0.2, 0.25) is 0 Å². The molecule has 0 saturated carbocycles. The summed E-state index contributed by atoms with van der Waals surface area (Å²) in [6.07, 6.45) is 2.74. The van der Waals surface area contributed by atoms with E-state index in [4.69, 9.17) is 4.74 Å². The van der Waals surface area contributed by atoms with Gasteiger partial charge in [-0.25, -0.2) is 4.79 Å². The standard InChI is InChI=1S/C24H20N2O4/c1-17-8-7-12-20(16-17)24(29)30-21-13-6-5-9-18(21)14-15-22(27)25-26-23(28)19-10-3-2-4-11-19/h2-16H,1H3,(H,25,27)(H,26,28)/b15-14+. The number of para-hydroxylation sites is 1. The molecule has 0 aliphatic rings.